The number of hydrogen-bond donors (Lipinski definition) is 1. The molecule has 2 amide bonds. The number of carbonyl (C=O) groups excluding carboxylic acids is 2. The Hall–Kier alpha value is -2.93. The minimum atomic E-state index is -0.372. The van der Waals surface area contributed by atoms with Crippen LogP contribution in [-0.4, -0.2) is 35.2 Å². The smallest absolute Gasteiger partial charge is 0.286 e. The molecule has 0 aliphatic carbocycles. The van der Waals surface area contributed by atoms with Crippen LogP contribution in [0.25, 0.3) is 10.9 Å². The summed E-state index contributed by atoms with van der Waals surface area (Å²) in [5, 5.41) is 2.79. The van der Waals surface area contributed by atoms with Crippen molar-refractivity contribution in [3.8, 4) is 11.5 Å². The van der Waals surface area contributed by atoms with Gasteiger partial charge in [0.2, 0.25) is 5.91 Å². The third-order valence-electron chi connectivity index (χ3n) is 4.91. The monoisotopic (exact) mass is 396 g/mol. The molecule has 0 radical (unpaired) electrons. The zero-order valence-electron chi connectivity index (χ0n) is 15.6. The maximum Gasteiger partial charge on any atom is 0.286 e. The Bertz CT molecular complexity index is 1060. The summed E-state index contributed by atoms with van der Waals surface area (Å²) in [5.74, 6) is 1.31. The minimum Gasteiger partial charge on any atom is -0.497 e. The Morgan fingerprint density at radius 1 is 1.07 bits per heavy atom. The van der Waals surface area contributed by atoms with Gasteiger partial charge >= 0.3 is 0 Å². The number of methoxy groups -OCH3 is 2. The van der Waals surface area contributed by atoms with E-state index in [0.29, 0.717) is 13.0 Å². The fourth-order valence-corrected chi connectivity index (χ4v) is 4.34. The highest BCUT2D eigenvalue weighted by atomic mass is 32.2. The Balaban J connectivity index is 1.63. The molecule has 2 aromatic carbocycles. The molecular weight excluding hydrogens is 376 g/mol. The molecule has 3 aromatic rings. The number of nitrogens with one attached hydrogen (secondary N) is 1. The third-order valence-corrected chi connectivity index (χ3v) is 5.89. The number of benzene rings is 2. The lowest BCUT2D eigenvalue weighted by Gasteiger charge is -2.13. The molecule has 0 bridgehead atoms. The predicted octanol–water partition coefficient (Wildman–Crippen LogP) is 3.60. The van der Waals surface area contributed by atoms with Crippen LogP contribution in [0.15, 0.2) is 48.7 Å². The Labute approximate surface area is 166 Å². The van der Waals surface area contributed by atoms with Crippen molar-refractivity contribution < 1.29 is 19.1 Å². The number of aromatic nitrogens is 1. The standard InChI is InChI=1S/C21H20N2O4S/c1-26-15-7-6-14(18(11-15)27-2)12-23-9-8-16-13(4-3-5-17(16)23)10-19-20(24)22-21(25)28-19/h3-9,11,19H,10,12H2,1-2H3,(H,22,24,25). The second-order valence-electron chi connectivity index (χ2n) is 6.56. The van der Waals surface area contributed by atoms with E-state index < -0.39 is 0 Å². The number of amides is 2. The summed E-state index contributed by atoms with van der Waals surface area (Å²) in [5.41, 5.74) is 3.17. The number of thioether (sulfide) groups is 1. The molecule has 1 unspecified atom stereocenters. The van der Waals surface area contributed by atoms with Gasteiger partial charge in [0.05, 0.1) is 26.0 Å². The van der Waals surface area contributed by atoms with Crippen LogP contribution in [0.2, 0.25) is 0 Å². The lowest BCUT2D eigenvalue weighted by Crippen LogP contribution is -2.25. The number of nitrogens with zero attached hydrogens (tertiary/aromatic N) is 1. The van der Waals surface area contributed by atoms with Gasteiger partial charge in [-0.25, -0.2) is 0 Å². The molecule has 1 saturated heterocycles. The number of hydrogen-bond acceptors (Lipinski definition) is 5. The summed E-state index contributed by atoms with van der Waals surface area (Å²) in [6.45, 7) is 0.650. The second-order valence-corrected chi connectivity index (χ2v) is 7.73. The first-order valence-electron chi connectivity index (χ1n) is 8.88. The quantitative estimate of drug-likeness (QED) is 0.689. The van der Waals surface area contributed by atoms with Crippen LogP contribution >= 0.6 is 11.8 Å². The van der Waals surface area contributed by atoms with Crippen LogP contribution in [0.3, 0.4) is 0 Å². The van der Waals surface area contributed by atoms with E-state index in [1.807, 2.05) is 36.5 Å². The van der Waals surface area contributed by atoms with Gasteiger partial charge in [-0.2, -0.15) is 0 Å². The molecule has 1 aliphatic heterocycles. The van der Waals surface area contributed by atoms with E-state index in [0.717, 1.165) is 45.3 Å². The molecule has 0 spiro atoms. The first kappa shape index (κ1) is 18.4. The summed E-state index contributed by atoms with van der Waals surface area (Å²) < 4.78 is 12.9. The molecule has 4 rings (SSSR count). The zero-order valence-corrected chi connectivity index (χ0v) is 16.4. The van der Waals surface area contributed by atoms with Crippen molar-refractivity contribution in [2.45, 2.75) is 18.2 Å². The van der Waals surface area contributed by atoms with Crippen molar-refractivity contribution in [1.82, 2.24) is 9.88 Å². The van der Waals surface area contributed by atoms with Gasteiger partial charge in [0.25, 0.3) is 5.24 Å². The van der Waals surface area contributed by atoms with E-state index in [2.05, 4.69) is 22.0 Å². The molecule has 1 aromatic heterocycles. The Morgan fingerprint density at radius 3 is 2.64 bits per heavy atom. The molecule has 0 saturated carbocycles. The lowest BCUT2D eigenvalue weighted by atomic mass is 10.0. The highest BCUT2D eigenvalue weighted by Gasteiger charge is 2.31. The topological polar surface area (TPSA) is 69.6 Å². The number of fused-ring (bicyclic) bond motifs is 1. The molecule has 2 heterocycles. The van der Waals surface area contributed by atoms with Gasteiger partial charge in [-0.3, -0.25) is 14.9 Å². The fourth-order valence-electron chi connectivity index (χ4n) is 3.50. The first-order chi connectivity index (χ1) is 13.6. The van der Waals surface area contributed by atoms with Crippen molar-refractivity contribution in [3.63, 3.8) is 0 Å². The molecule has 1 atom stereocenters. The normalized spacial score (nSPS) is 16.4. The fraction of sp³-hybridized carbons (Fsp3) is 0.238. The van der Waals surface area contributed by atoms with Crippen LogP contribution in [0.1, 0.15) is 11.1 Å². The van der Waals surface area contributed by atoms with E-state index in [4.69, 9.17) is 9.47 Å². The number of imide groups is 1. The van der Waals surface area contributed by atoms with Crippen molar-refractivity contribution in [3.05, 3.63) is 59.8 Å². The van der Waals surface area contributed by atoms with Crippen molar-refractivity contribution >= 4 is 33.8 Å². The molecule has 1 aliphatic rings. The maximum atomic E-state index is 11.9. The van der Waals surface area contributed by atoms with Crippen LogP contribution in [-0.2, 0) is 17.8 Å². The van der Waals surface area contributed by atoms with Crippen LogP contribution in [0, 0.1) is 0 Å². The van der Waals surface area contributed by atoms with E-state index in [1.165, 1.54) is 0 Å². The SMILES string of the molecule is COc1ccc(Cn2ccc3c(CC4SC(=O)NC4=O)cccc32)c(OC)c1. The van der Waals surface area contributed by atoms with Crippen LogP contribution in [0.4, 0.5) is 4.79 Å². The van der Waals surface area contributed by atoms with E-state index in [1.54, 1.807) is 14.2 Å². The molecule has 1 N–H and O–H groups in total. The number of carbonyl (C=O) groups is 2. The molecule has 144 valence electrons. The summed E-state index contributed by atoms with van der Waals surface area (Å²) in [6, 6.07) is 13.9. The van der Waals surface area contributed by atoms with Gasteiger partial charge in [-0.1, -0.05) is 23.9 Å². The molecule has 28 heavy (non-hydrogen) atoms. The summed E-state index contributed by atoms with van der Waals surface area (Å²) in [4.78, 5) is 23.3. The lowest BCUT2D eigenvalue weighted by molar-refractivity contribution is -0.118. The summed E-state index contributed by atoms with van der Waals surface area (Å²) in [7, 11) is 3.28. The molecule has 7 heteroatoms. The second kappa shape index (κ2) is 7.59. The van der Waals surface area contributed by atoms with E-state index in [9.17, 15) is 9.59 Å². The number of rotatable bonds is 6. The van der Waals surface area contributed by atoms with Crippen LogP contribution in [0.5, 0.6) is 11.5 Å². The minimum absolute atomic E-state index is 0.214. The van der Waals surface area contributed by atoms with Gasteiger partial charge in [-0.05, 0) is 36.2 Å². The van der Waals surface area contributed by atoms with Crippen LogP contribution < -0.4 is 14.8 Å². The summed E-state index contributed by atoms with van der Waals surface area (Å²) >= 11 is 1.06. The third kappa shape index (κ3) is 3.45. The summed E-state index contributed by atoms with van der Waals surface area (Å²) in [6.07, 6.45) is 2.56. The van der Waals surface area contributed by atoms with Gasteiger partial charge in [-0.15, -0.1) is 0 Å². The van der Waals surface area contributed by atoms with Gasteiger partial charge in [0, 0.05) is 28.7 Å². The average Bonchev–Trinajstić information content (AvgIpc) is 3.25. The Morgan fingerprint density at radius 2 is 1.93 bits per heavy atom. The first-order valence-corrected chi connectivity index (χ1v) is 9.76. The highest BCUT2D eigenvalue weighted by molar-refractivity contribution is 8.15. The van der Waals surface area contributed by atoms with Crippen molar-refractivity contribution in [2.24, 2.45) is 0 Å². The highest BCUT2D eigenvalue weighted by Crippen LogP contribution is 2.30. The largest absolute Gasteiger partial charge is 0.497 e. The predicted molar refractivity (Wildman–Crippen MR) is 109 cm³/mol. The molecule has 1 fully saturated rings. The van der Waals surface area contributed by atoms with Crippen molar-refractivity contribution in [1.29, 1.82) is 0 Å². The van der Waals surface area contributed by atoms with Gasteiger partial charge in [0.15, 0.2) is 0 Å². The Kier molecular flexibility index (Phi) is 5.00. The zero-order chi connectivity index (χ0) is 19.7. The molecule has 6 nitrogen and oxygen atoms in total. The van der Waals surface area contributed by atoms with Gasteiger partial charge in [0.1, 0.15) is 11.5 Å². The van der Waals surface area contributed by atoms with Crippen molar-refractivity contribution in [2.75, 3.05) is 14.2 Å². The number of ether oxygens (including phenoxy) is 2. The maximum absolute atomic E-state index is 11.9. The van der Waals surface area contributed by atoms with E-state index in [-0.39, 0.29) is 16.4 Å². The van der Waals surface area contributed by atoms with Gasteiger partial charge < -0.3 is 14.0 Å². The van der Waals surface area contributed by atoms with E-state index >= 15 is 0 Å². The molecular formula is C21H20N2O4S. The average molecular weight is 396 g/mol.